The lowest BCUT2D eigenvalue weighted by Crippen LogP contribution is -2.32. The van der Waals surface area contributed by atoms with E-state index >= 15 is 0 Å². The smallest absolute Gasteiger partial charge is 0.264 e. The van der Waals surface area contributed by atoms with Gasteiger partial charge in [-0.2, -0.15) is 0 Å². The van der Waals surface area contributed by atoms with E-state index < -0.39 is 21.7 Å². The topological polar surface area (TPSA) is 37.4 Å². The zero-order valence-electron chi connectivity index (χ0n) is 13.9. The van der Waals surface area contributed by atoms with Crippen molar-refractivity contribution in [3.63, 3.8) is 0 Å². The first kappa shape index (κ1) is 17.2. The minimum absolute atomic E-state index is 0.0168. The standard InChI is InChI=1S/C19H15F2NO2S2/c1-12-2-4-14(5-3-12)26(23,24)22-10-8-13-9-11-25-19(13)17-16(22)7-6-15(20)18(17)21/h2-7,9,11H,8,10H2,1H3. The van der Waals surface area contributed by atoms with Crippen LogP contribution < -0.4 is 4.31 Å². The van der Waals surface area contributed by atoms with Crippen molar-refractivity contribution in [1.29, 1.82) is 0 Å². The van der Waals surface area contributed by atoms with Crippen LogP contribution in [0.1, 0.15) is 11.1 Å². The number of nitrogens with zero attached hydrogens (tertiary/aromatic N) is 1. The van der Waals surface area contributed by atoms with Gasteiger partial charge in [-0.05, 0) is 54.6 Å². The molecule has 0 saturated carbocycles. The van der Waals surface area contributed by atoms with Gasteiger partial charge < -0.3 is 0 Å². The molecule has 1 aliphatic rings. The summed E-state index contributed by atoms with van der Waals surface area (Å²) in [6, 6.07) is 10.6. The number of benzene rings is 2. The molecule has 26 heavy (non-hydrogen) atoms. The van der Waals surface area contributed by atoms with Crippen molar-refractivity contribution in [2.45, 2.75) is 18.2 Å². The van der Waals surface area contributed by atoms with E-state index in [0.717, 1.165) is 17.2 Å². The quantitative estimate of drug-likeness (QED) is 0.632. The van der Waals surface area contributed by atoms with Crippen LogP contribution >= 0.6 is 11.3 Å². The van der Waals surface area contributed by atoms with Gasteiger partial charge in [-0.3, -0.25) is 4.31 Å². The highest BCUT2D eigenvalue weighted by molar-refractivity contribution is 7.92. The van der Waals surface area contributed by atoms with Gasteiger partial charge in [0.1, 0.15) is 0 Å². The molecular formula is C19H15F2NO2S2. The Morgan fingerprint density at radius 1 is 1.04 bits per heavy atom. The van der Waals surface area contributed by atoms with Crippen LogP contribution in [-0.2, 0) is 16.4 Å². The van der Waals surface area contributed by atoms with Crippen molar-refractivity contribution < 1.29 is 17.2 Å². The number of hydrogen-bond donors (Lipinski definition) is 0. The molecule has 0 fully saturated rings. The third-order valence-corrected chi connectivity index (χ3v) is 7.31. The van der Waals surface area contributed by atoms with Crippen LogP contribution in [0.5, 0.6) is 0 Å². The van der Waals surface area contributed by atoms with Crippen LogP contribution in [0.25, 0.3) is 10.4 Å². The second-order valence-electron chi connectivity index (χ2n) is 6.17. The lowest BCUT2D eigenvalue weighted by molar-refractivity contribution is 0.511. The van der Waals surface area contributed by atoms with Gasteiger partial charge in [-0.15, -0.1) is 11.3 Å². The van der Waals surface area contributed by atoms with Crippen molar-refractivity contribution in [3.8, 4) is 10.4 Å². The molecule has 4 rings (SSSR count). The van der Waals surface area contributed by atoms with Crippen LogP contribution in [0.3, 0.4) is 0 Å². The summed E-state index contributed by atoms with van der Waals surface area (Å²) in [5, 5.41) is 1.81. The Hall–Kier alpha value is -2.25. The molecule has 0 saturated heterocycles. The maximum absolute atomic E-state index is 14.6. The fourth-order valence-corrected chi connectivity index (χ4v) is 5.62. The molecule has 3 nitrogen and oxygen atoms in total. The average molecular weight is 391 g/mol. The first-order valence-electron chi connectivity index (χ1n) is 8.04. The second kappa shape index (κ2) is 6.17. The molecule has 0 bridgehead atoms. The molecular weight excluding hydrogens is 376 g/mol. The van der Waals surface area contributed by atoms with Crippen molar-refractivity contribution in [2.75, 3.05) is 10.8 Å². The number of halogens is 2. The molecule has 0 amide bonds. The predicted octanol–water partition coefficient (Wildman–Crippen LogP) is 4.75. The van der Waals surface area contributed by atoms with Gasteiger partial charge in [0.25, 0.3) is 10.0 Å². The first-order valence-corrected chi connectivity index (χ1v) is 10.4. The van der Waals surface area contributed by atoms with Crippen LogP contribution in [0.4, 0.5) is 14.5 Å². The maximum atomic E-state index is 14.6. The minimum atomic E-state index is -3.89. The molecule has 1 aliphatic heterocycles. The summed E-state index contributed by atoms with van der Waals surface area (Å²) in [5.74, 6) is -2.00. The number of fused-ring (bicyclic) bond motifs is 3. The Labute approximate surface area is 154 Å². The lowest BCUT2D eigenvalue weighted by atomic mass is 10.1. The number of aryl methyl sites for hydroxylation is 1. The molecule has 1 aromatic heterocycles. The van der Waals surface area contributed by atoms with E-state index in [0.29, 0.717) is 11.3 Å². The van der Waals surface area contributed by atoms with E-state index in [-0.39, 0.29) is 22.7 Å². The Balaban J connectivity index is 1.94. The summed E-state index contributed by atoms with van der Waals surface area (Å²) < 4.78 is 56.1. The Kier molecular flexibility index (Phi) is 4.08. The molecule has 134 valence electrons. The third kappa shape index (κ3) is 2.62. The first-order chi connectivity index (χ1) is 12.4. The molecule has 2 aromatic carbocycles. The maximum Gasteiger partial charge on any atom is 0.264 e. The summed E-state index contributed by atoms with van der Waals surface area (Å²) in [6.45, 7) is 2.03. The van der Waals surface area contributed by atoms with Crippen molar-refractivity contribution in [3.05, 3.63) is 70.6 Å². The van der Waals surface area contributed by atoms with Gasteiger partial charge in [0, 0.05) is 11.4 Å². The van der Waals surface area contributed by atoms with Crippen molar-refractivity contribution in [2.24, 2.45) is 0 Å². The SMILES string of the molecule is Cc1ccc(S(=O)(=O)N2CCc3ccsc3-c3c2ccc(F)c3F)cc1. The van der Waals surface area contributed by atoms with E-state index in [9.17, 15) is 17.2 Å². The van der Waals surface area contributed by atoms with Crippen LogP contribution in [0, 0.1) is 18.6 Å². The highest BCUT2D eigenvalue weighted by atomic mass is 32.2. The Bertz CT molecular complexity index is 1090. The van der Waals surface area contributed by atoms with Gasteiger partial charge >= 0.3 is 0 Å². The monoisotopic (exact) mass is 391 g/mol. The molecule has 0 unspecified atom stereocenters. The van der Waals surface area contributed by atoms with E-state index in [1.807, 2.05) is 18.4 Å². The van der Waals surface area contributed by atoms with Gasteiger partial charge in [0.15, 0.2) is 11.6 Å². The zero-order valence-corrected chi connectivity index (χ0v) is 15.5. The normalized spacial score (nSPS) is 13.9. The van der Waals surface area contributed by atoms with E-state index in [1.54, 1.807) is 12.1 Å². The van der Waals surface area contributed by atoms with Crippen LogP contribution in [0.2, 0.25) is 0 Å². The molecule has 2 heterocycles. The molecule has 0 atom stereocenters. The highest BCUT2D eigenvalue weighted by Gasteiger charge is 2.32. The summed E-state index contributed by atoms with van der Waals surface area (Å²) in [6.07, 6.45) is 0.430. The van der Waals surface area contributed by atoms with E-state index in [2.05, 4.69) is 0 Å². The summed E-state index contributed by atoms with van der Waals surface area (Å²) in [5.41, 5.74) is 1.95. The minimum Gasteiger partial charge on any atom is -0.265 e. The number of rotatable bonds is 2. The van der Waals surface area contributed by atoms with Crippen molar-refractivity contribution >= 4 is 27.0 Å². The van der Waals surface area contributed by atoms with Gasteiger partial charge in [0.2, 0.25) is 0 Å². The summed E-state index contributed by atoms with van der Waals surface area (Å²) >= 11 is 1.29. The Morgan fingerprint density at radius 3 is 2.50 bits per heavy atom. The van der Waals surface area contributed by atoms with E-state index in [1.165, 1.54) is 33.8 Å². The van der Waals surface area contributed by atoms with Gasteiger partial charge in [-0.25, -0.2) is 17.2 Å². The molecule has 0 N–H and O–H groups in total. The summed E-state index contributed by atoms with van der Waals surface area (Å²) in [4.78, 5) is 0.711. The van der Waals surface area contributed by atoms with Crippen LogP contribution in [0.15, 0.2) is 52.7 Å². The average Bonchev–Trinajstić information content (AvgIpc) is 3.00. The number of sulfonamides is 1. The molecule has 7 heteroatoms. The number of anilines is 1. The zero-order chi connectivity index (χ0) is 18.5. The van der Waals surface area contributed by atoms with Gasteiger partial charge in [-0.1, -0.05) is 17.7 Å². The molecule has 3 aromatic rings. The molecule has 0 radical (unpaired) electrons. The third-order valence-electron chi connectivity index (χ3n) is 4.51. The van der Waals surface area contributed by atoms with Crippen molar-refractivity contribution in [1.82, 2.24) is 0 Å². The fourth-order valence-electron chi connectivity index (χ4n) is 3.15. The highest BCUT2D eigenvalue weighted by Crippen LogP contribution is 2.43. The predicted molar refractivity (Wildman–Crippen MR) is 99.1 cm³/mol. The largest absolute Gasteiger partial charge is 0.265 e. The molecule has 0 spiro atoms. The number of hydrogen-bond acceptors (Lipinski definition) is 3. The summed E-state index contributed by atoms with van der Waals surface area (Å²) in [7, 11) is -3.89. The van der Waals surface area contributed by atoms with Crippen LogP contribution in [-0.4, -0.2) is 15.0 Å². The second-order valence-corrected chi connectivity index (χ2v) is 8.95. The van der Waals surface area contributed by atoms with Gasteiger partial charge in [0.05, 0.1) is 16.1 Å². The molecule has 0 aliphatic carbocycles. The lowest BCUT2D eigenvalue weighted by Gasteiger charge is -2.25. The fraction of sp³-hybridized carbons (Fsp3) is 0.158. The Morgan fingerprint density at radius 2 is 1.77 bits per heavy atom. The van der Waals surface area contributed by atoms with E-state index in [4.69, 9.17) is 0 Å². The number of thiophene rings is 1.